The third-order valence-electron chi connectivity index (χ3n) is 4.12. The number of anilines is 1. The van der Waals surface area contributed by atoms with Crippen molar-refractivity contribution < 1.29 is 4.79 Å². The predicted octanol–water partition coefficient (Wildman–Crippen LogP) is 2.95. The Morgan fingerprint density at radius 1 is 1.50 bits per heavy atom. The second-order valence-electron chi connectivity index (χ2n) is 6.07. The van der Waals surface area contributed by atoms with Crippen molar-refractivity contribution in [3.63, 3.8) is 0 Å². The SMILES string of the molecule is Cc1sc(NC(=O)C2NCCCC2(C)C)c(C#N)c1C. The number of nitrogens with zero attached hydrogens (tertiary/aromatic N) is 1. The Kier molecular flexibility index (Phi) is 4.17. The van der Waals surface area contributed by atoms with Gasteiger partial charge in [0.05, 0.1) is 11.6 Å². The molecule has 20 heavy (non-hydrogen) atoms. The minimum absolute atomic E-state index is 0.0348. The minimum atomic E-state index is -0.203. The topological polar surface area (TPSA) is 64.9 Å². The van der Waals surface area contributed by atoms with Gasteiger partial charge in [0.1, 0.15) is 11.1 Å². The van der Waals surface area contributed by atoms with Crippen molar-refractivity contribution >= 4 is 22.2 Å². The molecule has 0 saturated carbocycles. The summed E-state index contributed by atoms with van der Waals surface area (Å²) in [6, 6.07) is 1.99. The molecule has 1 aliphatic heterocycles. The Morgan fingerprint density at radius 3 is 2.80 bits per heavy atom. The first-order chi connectivity index (χ1) is 9.36. The third kappa shape index (κ3) is 2.72. The van der Waals surface area contributed by atoms with E-state index in [0.29, 0.717) is 10.6 Å². The van der Waals surface area contributed by atoms with Gasteiger partial charge in [-0.05, 0) is 44.2 Å². The van der Waals surface area contributed by atoms with E-state index in [1.807, 2.05) is 13.8 Å². The average Bonchev–Trinajstić information content (AvgIpc) is 2.63. The predicted molar refractivity (Wildman–Crippen MR) is 81.9 cm³/mol. The van der Waals surface area contributed by atoms with Gasteiger partial charge in [-0.2, -0.15) is 5.26 Å². The number of thiophene rings is 1. The zero-order valence-electron chi connectivity index (χ0n) is 12.5. The van der Waals surface area contributed by atoms with Crippen molar-refractivity contribution in [2.75, 3.05) is 11.9 Å². The molecule has 4 nitrogen and oxygen atoms in total. The largest absolute Gasteiger partial charge is 0.315 e. The van der Waals surface area contributed by atoms with Crippen molar-refractivity contribution in [2.24, 2.45) is 5.41 Å². The van der Waals surface area contributed by atoms with Gasteiger partial charge < -0.3 is 10.6 Å². The Labute approximate surface area is 124 Å². The van der Waals surface area contributed by atoms with Gasteiger partial charge in [0, 0.05) is 4.88 Å². The zero-order valence-corrected chi connectivity index (χ0v) is 13.3. The molecule has 1 aliphatic rings. The molecule has 1 saturated heterocycles. The maximum absolute atomic E-state index is 12.5. The first-order valence-corrected chi connectivity index (χ1v) is 7.73. The minimum Gasteiger partial charge on any atom is -0.315 e. The summed E-state index contributed by atoms with van der Waals surface area (Å²) in [6.45, 7) is 8.98. The monoisotopic (exact) mass is 291 g/mol. The Bertz CT molecular complexity index is 568. The van der Waals surface area contributed by atoms with Crippen molar-refractivity contribution in [1.29, 1.82) is 5.26 Å². The molecule has 0 radical (unpaired) electrons. The fourth-order valence-electron chi connectivity index (χ4n) is 2.69. The summed E-state index contributed by atoms with van der Waals surface area (Å²) in [6.07, 6.45) is 2.13. The van der Waals surface area contributed by atoms with Gasteiger partial charge in [-0.25, -0.2) is 0 Å². The molecule has 2 N–H and O–H groups in total. The lowest BCUT2D eigenvalue weighted by Crippen LogP contribution is -2.53. The molecule has 0 aromatic carbocycles. The summed E-state index contributed by atoms with van der Waals surface area (Å²) in [5.74, 6) is -0.0348. The number of amides is 1. The highest BCUT2D eigenvalue weighted by Crippen LogP contribution is 2.34. The smallest absolute Gasteiger partial charge is 0.242 e. The van der Waals surface area contributed by atoms with Crippen LogP contribution >= 0.6 is 11.3 Å². The molecule has 1 fully saturated rings. The summed E-state index contributed by atoms with van der Waals surface area (Å²) >= 11 is 1.48. The van der Waals surface area contributed by atoms with Crippen LogP contribution in [0.2, 0.25) is 0 Å². The molecule has 1 amide bonds. The molecule has 0 aliphatic carbocycles. The fourth-order valence-corrected chi connectivity index (χ4v) is 3.71. The van der Waals surface area contributed by atoms with E-state index in [1.165, 1.54) is 11.3 Å². The van der Waals surface area contributed by atoms with Crippen molar-refractivity contribution in [3.05, 3.63) is 16.0 Å². The lowest BCUT2D eigenvalue weighted by atomic mass is 9.77. The van der Waals surface area contributed by atoms with Gasteiger partial charge in [0.2, 0.25) is 5.91 Å². The van der Waals surface area contributed by atoms with E-state index in [2.05, 4.69) is 30.6 Å². The number of piperidine rings is 1. The maximum atomic E-state index is 12.5. The number of hydrogen-bond donors (Lipinski definition) is 2. The van der Waals surface area contributed by atoms with Crippen LogP contribution in [0.3, 0.4) is 0 Å². The van der Waals surface area contributed by atoms with Crippen molar-refractivity contribution in [3.8, 4) is 6.07 Å². The number of nitriles is 1. The fraction of sp³-hybridized carbons (Fsp3) is 0.600. The van der Waals surface area contributed by atoms with Crippen LogP contribution in [0.1, 0.15) is 42.7 Å². The van der Waals surface area contributed by atoms with Gasteiger partial charge in [-0.3, -0.25) is 4.79 Å². The number of rotatable bonds is 2. The second-order valence-corrected chi connectivity index (χ2v) is 7.29. The Balaban J connectivity index is 2.20. The molecule has 2 rings (SSSR count). The van der Waals surface area contributed by atoms with Gasteiger partial charge in [-0.1, -0.05) is 13.8 Å². The van der Waals surface area contributed by atoms with Crippen LogP contribution in [0.4, 0.5) is 5.00 Å². The molecule has 2 heterocycles. The quantitative estimate of drug-likeness (QED) is 0.880. The van der Waals surface area contributed by atoms with Crippen LogP contribution in [0.25, 0.3) is 0 Å². The summed E-state index contributed by atoms with van der Waals surface area (Å²) in [5, 5.41) is 16.1. The van der Waals surface area contributed by atoms with Crippen molar-refractivity contribution in [2.45, 2.75) is 46.6 Å². The van der Waals surface area contributed by atoms with Gasteiger partial charge >= 0.3 is 0 Å². The normalized spacial score (nSPS) is 21.2. The molecule has 1 aromatic rings. The van der Waals surface area contributed by atoms with E-state index in [0.717, 1.165) is 29.8 Å². The van der Waals surface area contributed by atoms with Crippen molar-refractivity contribution in [1.82, 2.24) is 5.32 Å². The van der Waals surface area contributed by atoms with Gasteiger partial charge in [0.15, 0.2) is 0 Å². The average molecular weight is 291 g/mol. The van der Waals surface area contributed by atoms with Gasteiger partial charge in [0.25, 0.3) is 0 Å². The lowest BCUT2D eigenvalue weighted by Gasteiger charge is -2.38. The molecule has 1 atom stereocenters. The molecular formula is C15H21N3OS. The first kappa shape index (κ1) is 15.0. The number of nitrogens with one attached hydrogen (secondary N) is 2. The zero-order chi connectivity index (χ0) is 14.9. The maximum Gasteiger partial charge on any atom is 0.242 e. The number of hydrogen-bond acceptors (Lipinski definition) is 4. The Morgan fingerprint density at radius 2 is 2.20 bits per heavy atom. The van der Waals surface area contributed by atoms with Crippen LogP contribution in [0.15, 0.2) is 0 Å². The molecule has 0 spiro atoms. The summed E-state index contributed by atoms with van der Waals surface area (Å²) < 4.78 is 0. The van der Waals surface area contributed by atoms with Gasteiger partial charge in [-0.15, -0.1) is 11.3 Å². The standard InChI is InChI=1S/C15H21N3OS/c1-9-10(2)20-14(11(9)8-16)18-13(19)12-15(3,4)6-5-7-17-12/h12,17H,5-7H2,1-4H3,(H,18,19). The van der Waals surface area contributed by atoms with E-state index < -0.39 is 0 Å². The van der Waals surface area contributed by atoms with E-state index in [4.69, 9.17) is 0 Å². The molecule has 1 unspecified atom stereocenters. The molecule has 5 heteroatoms. The highest BCUT2D eigenvalue weighted by molar-refractivity contribution is 7.16. The second kappa shape index (κ2) is 5.55. The highest BCUT2D eigenvalue weighted by Gasteiger charge is 2.37. The van der Waals surface area contributed by atoms with E-state index in [1.54, 1.807) is 0 Å². The molecular weight excluding hydrogens is 270 g/mol. The third-order valence-corrected chi connectivity index (χ3v) is 5.25. The first-order valence-electron chi connectivity index (χ1n) is 6.91. The highest BCUT2D eigenvalue weighted by atomic mass is 32.1. The molecule has 1 aromatic heterocycles. The van der Waals surface area contributed by atoms with Crippen LogP contribution in [-0.2, 0) is 4.79 Å². The summed E-state index contributed by atoms with van der Waals surface area (Å²) in [5.41, 5.74) is 1.49. The molecule has 108 valence electrons. The van der Waals surface area contributed by atoms with E-state index >= 15 is 0 Å². The Hall–Kier alpha value is -1.38. The molecule has 0 bridgehead atoms. The van der Waals surface area contributed by atoms with Crippen LogP contribution in [0.5, 0.6) is 0 Å². The van der Waals surface area contributed by atoms with E-state index in [9.17, 15) is 10.1 Å². The number of aryl methyl sites for hydroxylation is 1. The summed E-state index contributed by atoms with van der Waals surface area (Å²) in [4.78, 5) is 13.6. The van der Waals surface area contributed by atoms with Crippen LogP contribution in [-0.4, -0.2) is 18.5 Å². The summed E-state index contributed by atoms with van der Waals surface area (Å²) in [7, 11) is 0. The van der Waals surface area contributed by atoms with Crippen LogP contribution in [0, 0.1) is 30.6 Å². The number of carbonyl (C=O) groups is 1. The lowest BCUT2D eigenvalue weighted by molar-refractivity contribution is -0.121. The van der Waals surface area contributed by atoms with Crippen LogP contribution < -0.4 is 10.6 Å². The van der Waals surface area contributed by atoms with E-state index in [-0.39, 0.29) is 17.4 Å². The number of carbonyl (C=O) groups excluding carboxylic acids is 1.